The number of ether oxygens (including phenoxy) is 6. The Labute approximate surface area is 280 Å². The number of benzene rings is 4. The van der Waals surface area contributed by atoms with Crippen molar-refractivity contribution in [2.45, 2.75) is 37.8 Å². The van der Waals surface area contributed by atoms with Crippen molar-refractivity contribution in [3.8, 4) is 57.5 Å². The second kappa shape index (κ2) is 12.7. The normalized spacial score (nSPS) is 18.9. The van der Waals surface area contributed by atoms with E-state index in [9.17, 15) is 10.2 Å². The largest absolute Gasteiger partial charge is 0.504 e. The Bertz CT molecular complexity index is 1710. The van der Waals surface area contributed by atoms with Crippen LogP contribution in [0, 0.1) is 0 Å². The van der Waals surface area contributed by atoms with Gasteiger partial charge in [0, 0.05) is 47.4 Å². The molecule has 10 nitrogen and oxygen atoms in total. The van der Waals surface area contributed by atoms with Gasteiger partial charge in [-0.25, -0.2) is 0 Å². The first-order chi connectivity index (χ1) is 23.3. The van der Waals surface area contributed by atoms with Crippen molar-refractivity contribution in [2.75, 3.05) is 55.6 Å². The lowest BCUT2D eigenvalue weighted by Gasteiger charge is -2.37. The van der Waals surface area contributed by atoms with Crippen molar-refractivity contribution in [1.82, 2.24) is 9.80 Å². The highest BCUT2D eigenvalue weighted by Crippen LogP contribution is 2.56. The molecule has 0 amide bonds. The SMILES string of the molecule is COc1c(O)c2c3c(c1OC)Oc1ccc(cc1)CC1c4c(c(O)c(OC)c(OC)c4Oc4ccc(cc4)CC3N(C)CC2)CCN1C. The first kappa shape index (κ1) is 31.8. The zero-order valence-corrected chi connectivity index (χ0v) is 28.3. The van der Waals surface area contributed by atoms with Crippen LogP contribution in [0.5, 0.6) is 57.5 Å². The lowest BCUT2D eigenvalue weighted by molar-refractivity contribution is 0.216. The monoisotopic (exact) mass is 654 g/mol. The van der Waals surface area contributed by atoms with Crippen LogP contribution < -0.4 is 28.4 Å². The maximum absolute atomic E-state index is 11.4. The summed E-state index contributed by atoms with van der Waals surface area (Å²) in [6.45, 7) is 1.50. The van der Waals surface area contributed by atoms with E-state index in [-0.39, 0.29) is 35.1 Å². The zero-order valence-electron chi connectivity index (χ0n) is 28.3. The first-order valence-corrected chi connectivity index (χ1v) is 16.2. The minimum atomic E-state index is -0.121. The van der Waals surface area contributed by atoms with Gasteiger partial charge in [0.1, 0.15) is 11.5 Å². The molecule has 6 aliphatic heterocycles. The van der Waals surface area contributed by atoms with Crippen LogP contribution in [0.2, 0.25) is 0 Å². The van der Waals surface area contributed by atoms with E-state index in [4.69, 9.17) is 28.4 Å². The quantitative estimate of drug-likeness (QED) is 0.251. The van der Waals surface area contributed by atoms with E-state index in [2.05, 4.69) is 48.2 Å². The number of phenolic OH excluding ortho intramolecular Hbond substituents is 2. The summed E-state index contributed by atoms with van der Waals surface area (Å²) in [5.41, 5.74) is 5.51. The number of phenols is 2. The molecule has 4 bridgehead atoms. The molecule has 0 fully saturated rings. The van der Waals surface area contributed by atoms with E-state index in [1.165, 1.54) is 14.2 Å². The Morgan fingerprint density at radius 2 is 0.917 bits per heavy atom. The smallest absolute Gasteiger partial charge is 0.208 e. The molecule has 0 saturated heterocycles. The van der Waals surface area contributed by atoms with Crippen molar-refractivity contribution < 1.29 is 38.6 Å². The van der Waals surface area contributed by atoms with Crippen LogP contribution >= 0.6 is 0 Å². The highest BCUT2D eigenvalue weighted by atomic mass is 16.5. The van der Waals surface area contributed by atoms with Gasteiger partial charge in [0.2, 0.25) is 23.0 Å². The fraction of sp³-hybridized carbons (Fsp3) is 0.368. The molecule has 0 aromatic heterocycles. The third-order valence-corrected chi connectivity index (χ3v) is 10.1. The van der Waals surface area contributed by atoms with Gasteiger partial charge < -0.3 is 38.6 Å². The molecule has 2 unspecified atom stereocenters. The van der Waals surface area contributed by atoms with Gasteiger partial charge in [0.15, 0.2) is 23.0 Å². The van der Waals surface area contributed by atoms with Crippen LogP contribution in [0.3, 0.4) is 0 Å². The Morgan fingerprint density at radius 3 is 1.25 bits per heavy atom. The summed E-state index contributed by atoms with van der Waals surface area (Å²) in [6.07, 6.45) is 2.56. The number of hydrogen-bond donors (Lipinski definition) is 2. The van der Waals surface area contributed by atoms with Crippen molar-refractivity contribution in [3.63, 3.8) is 0 Å². The summed E-state index contributed by atoms with van der Waals surface area (Å²) < 4.78 is 36.5. The van der Waals surface area contributed by atoms with Crippen molar-refractivity contribution >= 4 is 0 Å². The first-order valence-electron chi connectivity index (χ1n) is 16.2. The van der Waals surface area contributed by atoms with Crippen molar-refractivity contribution in [1.29, 1.82) is 0 Å². The zero-order chi connectivity index (χ0) is 33.7. The van der Waals surface area contributed by atoms with Gasteiger partial charge >= 0.3 is 0 Å². The molecule has 6 aliphatic rings. The molecular weight excluding hydrogens is 612 g/mol. The predicted octanol–water partition coefficient (Wildman–Crippen LogP) is 6.57. The molecule has 0 radical (unpaired) electrons. The van der Waals surface area contributed by atoms with Crippen molar-refractivity contribution in [3.05, 3.63) is 81.9 Å². The van der Waals surface area contributed by atoms with Gasteiger partial charge in [-0.15, -0.1) is 0 Å². The van der Waals surface area contributed by atoms with Gasteiger partial charge in [-0.3, -0.25) is 9.80 Å². The van der Waals surface area contributed by atoms with Crippen LogP contribution in [0.4, 0.5) is 0 Å². The van der Waals surface area contributed by atoms with Gasteiger partial charge in [-0.05, 0) is 75.2 Å². The molecule has 4 aromatic carbocycles. The summed E-state index contributed by atoms with van der Waals surface area (Å²) in [6, 6.07) is 15.8. The molecule has 252 valence electrons. The van der Waals surface area contributed by atoms with Gasteiger partial charge in [-0.1, -0.05) is 24.3 Å². The lowest BCUT2D eigenvalue weighted by atomic mass is 9.86. The number of aromatic hydroxyl groups is 2. The fourth-order valence-corrected chi connectivity index (χ4v) is 7.55. The molecular formula is C38H42N2O8. The van der Waals surface area contributed by atoms with Crippen molar-refractivity contribution in [2.24, 2.45) is 0 Å². The van der Waals surface area contributed by atoms with Gasteiger partial charge in [0.25, 0.3) is 0 Å². The molecule has 6 heterocycles. The molecule has 48 heavy (non-hydrogen) atoms. The van der Waals surface area contributed by atoms with E-state index in [1.807, 2.05) is 24.3 Å². The number of likely N-dealkylation sites (N-methyl/N-ethyl adjacent to an activating group) is 2. The fourth-order valence-electron chi connectivity index (χ4n) is 7.55. The minimum absolute atomic E-state index is 0.0843. The van der Waals surface area contributed by atoms with Gasteiger partial charge in [-0.2, -0.15) is 0 Å². The summed E-state index contributed by atoms with van der Waals surface area (Å²) in [5.74, 6) is 3.75. The number of hydrogen-bond acceptors (Lipinski definition) is 10. The van der Waals surface area contributed by atoms with E-state index >= 15 is 0 Å². The number of nitrogens with zero attached hydrogens (tertiary/aromatic N) is 2. The van der Waals surface area contributed by atoms with Crippen LogP contribution in [0.1, 0.15) is 45.5 Å². The Kier molecular flexibility index (Phi) is 8.39. The topological polar surface area (TPSA) is 102 Å². The highest BCUT2D eigenvalue weighted by Gasteiger charge is 2.38. The molecule has 4 aromatic rings. The average molecular weight is 655 g/mol. The summed E-state index contributed by atoms with van der Waals surface area (Å²) in [4.78, 5) is 4.56. The van der Waals surface area contributed by atoms with E-state index < -0.39 is 0 Å². The van der Waals surface area contributed by atoms with Crippen LogP contribution in [0.15, 0.2) is 48.5 Å². The Morgan fingerprint density at radius 1 is 0.562 bits per heavy atom. The van der Waals surface area contributed by atoms with Crippen LogP contribution in [-0.4, -0.2) is 75.6 Å². The third kappa shape index (κ3) is 5.20. The third-order valence-electron chi connectivity index (χ3n) is 10.1. The summed E-state index contributed by atoms with van der Waals surface area (Å²) in [5, 5.41) is 22.8. The number of methoxy groups -OCH3 is 4. The molecule has 2 atom stereocenters. The molecule has 0 aliphatic carbocycles. The summed E-state index contributed by atoms with van der Waals surface area (Å²) in [7, 11) is 10.4. The molecule has 10 heteroatoms. The predicted molar refractivity (Wildman–Crippen MR) is 181 cm³/mol. The average Bonchev–Trinajstić information content (AvgIpc) is 3.09. The number of rotatable bonds is 4. The lowest BCUT2D eigenvalue weighted by Crippen LogP contribution is -2.34. The Balaban J connectivity index is 1.44. The van der Waals surface area contributed by atoms with E-state index in [0.29, 0.717) is 60.2 Å². The molecule has 2 N–H and O–H groups in total. The molecule has 0 saturated carbocycles. The second-order valence-corrected chi connectivity index (χ2v) is 12.7. The molecule has 0 spiro atoms. The second-order valence-electron chi connectivity index (χ2n) is 12.7. The maximum atomic E-state index is 11.4. The van der Waals surface area contributed by atoms with E-state index in [1.54, 1.807) is 14.2 Å². The highest BCUT2D eigenvalue weighted by molar-refractivity contribution is 5.70. The Hall–Kier alpha value is -4.80. The maximum Gasteiger partial charge on any atom is 0.208 e. The van der Waals surface area contributed by atoms with Gasteiger partial charge in [0.05, 0.1) is 28.4 Å². The van der Waals surface area contributed by atoms with Crippen LogP contribution in [0.25, 0.3) is 0 Å². The van der Waals surface area contributed by atoms with E-state index in [0.717, 1.165) is 46.5 Å². The summed E-state index contributed by atoms with van der Waals surface area (Å²) >= 11 is 0. The standard InChI is InChI=1S/C38H42N2O8/c1-39-17-15-25-29-27(39)19-21-7-11-24(12-8-21)48-34-30-26(32(42)36(44-4)38(34)46-6)16-18-40(2)28(30)20-22-9-13-23(14-10-22)47-33(29)37(45-5)35(43-3)31(25)41/h7-14,27-28,41-42H,15-20H2,1-6H3. The minimum Gasteiger partial charge on any atom is -0.504 e. The van der Waals surface area contributed by atoms with Crippen LogP contribution in [-0.2, 0) is 25.7 Å². The molecule has 10 rings (SSSR count).